The summed E-state index contributed by atoms with van der Waals surface area (Å²) in [7, 11) is -1.89. The number of hydrogen-bond acceptors (Lipinski definition) is 6. The fraction of sp³-hybridized carbons (Fsp3) is 0.846. The highest BCUT2D eigenvalue weighted by atomic mass is 32.2. The zero-order chi connectivity index (χ0) is 16.5. The Hall–Kier alpha value is -1.31. The molecule has 0 radical (unpaired) electrons. The van der Waals surface area contributed by atoms with E-state index in [0.29, 0.717) is 12.8 Å². The molecule has 1 N–H and O–H groups in total. The first kappa shape index (κ1) is 17.7. The molecule has 1 rings (SSSR count). The van der Waals surface area contributed by atoms with Crippen molar-refractivity contribution in [3.05, 3.63) is 0 Å². The Morgan fingerprint density at radius 2 is 1.90 bits per heavy atom. The highest BCUT2D eigenvalue weighted by Crippen LogP contribution is 2.47. The fourth-order valence-electron chi connectivity index (χ4n) is 2.16. The summed E-state index contributed by atoms with van der Waals surface area (Å²) in [6.07, 6.45) is 1.07. The average Bonchev–Trinajstić information content (AvgIpc) is 2.96. The zero-order valence-electron chi connectivity index (χ0n) is 13.1. The van der Waals surface area contributed by atoms with Gasteiger partial charge in [0.05, 0.1) is 12.9 Å². The van der Waals surface area contributed by atoms with Crippen molar-refractivity contribution in [2.75, 3.05) is 19.1 Å². The van der Waals surface area contributed by atoms with E-state index in [1.807, 2.05) is 0 Å². The van der Waals surface area contributed by atoms with Gasteiger partial charge in [-0.1, -0.05) is 0 Å². The second-order valence-corrected chi connectivity index (χ2v) is 8.67. The maximum Gasteiger partial charge on any atom is 0.408 e. The molecule has 1 aliphatic carbocycles. The average molecular weight is 321 g/mol. The van der Waals surface area contributed by atoms with E-state index in [2.05, 4.69) is 5.32 Å². The lowest BCUT2D eigenvalue weighted by atomic mass is 10.1. The molecule has 0 aromatic rings. The van der Waals surface area contributed by atoms with Crippen LogP contribution in [0, 0.1) is 5.92 Å². The predicted molar refractivity (Wildman–Crippen MR) is 76.6 cm³/mol. The number of rotatable bonds is 5. The molecular weight excluding hydrogens is 298 g/mol. The molecule has 0 aromatic heterocycles. The first-order valence-electron chi connectivity index (χ1n) is 6.67. The third-order valence-electron chi connectivity index (χ3n) is 3.22. The second kappa shape index (κ2) is 5.82. The topological polar surface area (TPSA) is 98.8 Å². The van der Waals surface area contributed by atoms with Gasteiger partial charge >= 0.3 is 12.1 Å². The molecule has 2 atom stereocenters. The van der Waals surface area contributed by atoms with Crippen LogP contribution in [0.15, 0.2) is 0 Å². The Kier molecular flexibility index (Phi) is 4.92. The normalized spacial score (nSPS) is 25.1. The van der Waals surface area contributed by atoms with Crippen LogP contribution < -0.4 is 5.32 Å². The maximum absolute atomic E-state index is 11.9. The molecule has 0 bridgehead atoms. The zero-order valence-corrected chi connectivity index (χ0v) is 13.9. The van der Waals surface area contributed by atoms with Gasteiger partial charge in [-0.2, -0.15) is 0 Å². The van der Waals surface area contributed by atoms with Gasteiger partial charge in [-0.3, -0.25) is 0 Å². The van der Waals surface area contributed by atoms with Gasteiger partial charge in [0.1, 0.15) is 21.0 Å². The third kappa shape index (κ3) is 5.18. The first-order valence-corrected chi connectivity index (χ1v) is 8.73. The van der Waals surface area contributed by atoms with Crippen molar-refractivity contribution in [1.29, 1.82) is 0 Å². The maximum atomic E-state index is 11.9. The third-order valence-corrected chi connectivity index (χ3v) is 4.19. The lowest BCUT2D eigenvalue weighted by Gasteiger charge is -2.23. The summed E-state index contributed by atoms with van der Waals surface area (Å²) in [4.78, 5) is 23.7. The van der Waals surface area contributed by atoms with Crippen molar-refractivity contribution >= 4 is 21.9 Å². The van der Waals surface area contributed by atoms with E-state index in [9.17, 15) is 18.0 Å². The smallest absolute Gasteiger partial charge is 0.408 e. The van der Waals surface area contributed by atoms with E-state index in [1.54, 1.807) is 20.8 Å². The molecule has 1 saturated carbocycles. The summed E-state index contributed by atoms with van der Waals surface area (Å²) < 4.78 is 32.2. The standard InChI is InChI=1S/C13H23NO6S/c1-12(2,3)20-11(16)14-13(10(15)19-4)8-9(13)6-7-21(5,17)18/h9H,6-8H2,1-5H3,(H,14,16). The van der Waals surface area contributed by atoms with Crippen molar-refractivity contribution in [2.24, 2.45) is 5.92 Å². The largest absolute Gasteiger partial charge is 0.467 e. The summed E-state index contributed by atoms with van der Waals surface area (Å²) in [5.41, 5.74) is -1.85. The molecule has 8 heteroatoms. The molecule has 0 heterocycles. The Morgan fingerprint density at radius 1 is 1.33 bits per heavy atom. The number of hydrogen-bond donors (Lipinski definition) is 1. The highest BCUT2D eigenvalue weighted by Gasteiger charge is 2.62. The SMILES string of the molecule is COC(=O)C1(NC(=O)OC(C)(C)C)CC1CCS(C)(=O)=O. The summed E-state index contributed by atoms with van der Waals surface area (Å²) in [6.45, 7) is 5.14. The van der Waals surface area contributed by atoms with Gasteiger partial charge in [0.15, 0.2) is 0 Å². The molecule has 1 aliphatic rings. The minimum absolute atomic E-state index is 0.0353. The van der Waals surface area contributed by atoms with Crippen molar-refractivity contribution < 1.29 is 27.5 Å². The molecule has 1 fully saturated rings. The number of alkyl carbamates (subject to hydrolysis) is 1. The van der Waals surface area contributed by atoms with Crippen molar-refractivity contribution in [3.8, 4) is 0 Å². The number of carbonyl (C=O) groups is 2. The van der Waals surface area contributed by atoms with E-state index in [4.69, 9.17) is 9.47 Å². The monoisotopic (exact) mass is 321 g/mol. The number of carbonyl (C=O) groups excluding carboxylic acids is 2. The number of ether oxygens (including phenoxy) is 2. The molecule has 21 heavy (non-hydrogen) atoms. The Balaban J connectivity index is 2.71. The number of amides is 1. The fourth-order valence-corrected chi connectivity index (χ4v) is 2.87. The van der Waals surface area contributed by atoms with Crippen LogP contribution >= 0.6 is 0 Å². The highest BCUT2D eigenvalue weighted by molar-refractivity contribution is 7.90. The van der Waals surface area contributed by atoms with Gasteiger partial charge in [0.2, 0.25) is 0 Å². The van der Waals surface area contributed by atoms with Crippen LogP contribution in [0.1, 0.15) is 33.6 Å². The van der Waals surface area contributed by atoms with Crippen LogP contribution in [0.4, 0.5) is 4.79 Å². The molecule has 1 amide bonds. The molecule has 122 valence electrons. The van der Waals surface area contributed by atoms with Crippen LogP contribution in [0.2, 0.25) is 0 Å². The molecule has 0 aromatic carbocycles. The van der Waals surface area contributed by atoms with Crippen LogP contribution in [-0.2, 0) is 24.1 Å². The Morgan fingerprint density at radius 3 is 2.33 bits per heavy atom. The van der Waals surface area contributed by atoms with Crippen LogP contribution in [0.3, 0.4) is 0 Å². The number of methoxy groups -OCH3 is 1. The lowest BCUT2D eigenvalue weighted by Crippen LogP contribution is -2.47. The minimum Gasteiger partial charge on any atom is -0.467 e. The molecule has 0 aliphatic heterocycles. The number of esters is 1. The molecule has 2 unspecified atom stereocenters. The first-order chi connectivity index (χ1) is 9.39. The Labute approximate surface area is 125 Å². The van der Waals surface area contributed by atoms with Crippen molar-refractivity contribution in [3.63, 3.8) is 0 Å². The predicted octanol–water partition coefficient (Wildman–Crippen LogP) is 0.877. The van der Waals surface area contributed by atoms with E-state index >= 15 is 0 Å². The minimum atomic E-state index is -3.12. The lowest BCUT2D eigenvalue weighted by molar-refractivity contribution is -0.144. The molecular formula is C13H23NO6S. The number of nitrogens with one attached hydrogen (secondary N) is 1. The summed E-state index contributed by atoms with van der Waals surface area (Å²) in [6, 6.07) is 0. The van der Waals surface area contributed by atoms with Gasteiger partial charge in [0.25, 0.3) is 0 Å². The number of sulfone groups is 1. The van der Waals surface area contributed by atoms with Gasteiger partial charge < -0.3 is 14.8 Å². The van der Waals surface area contributed by atoms with E-state index < -0.39 is 33.0 Å². The van der Waals surface area contributed by atoms with E-state index in [0.717, 1.165) is 6.26 Å². The van der Waals surface area contributed by atoms with Crippen LogP contribution in [0.5, 0.6) is 0 Å². The van der Waals surface area contributed by atoms with E-state index in [1.165, 1.54) is 7.11 Å². The van der Waals surface area contributed by atoms with Crippen molar-refractivity contribution in [2.45, 2.75) is 44.8 Å². The second-order valence-electron chi connectivity index (χ2n) is 6.41. The van der Waals surface area contributed by atoms with E-state index in [-0.39, 0.29) is 11.7 Å². The van der Waals surface area contributed by atoms with Gasteiger partial charge in [0, 0.05) is 6.26 Å². The quantitative estimate of drug-likeness (QED) is 0.755. The van der Waals surface area contributed by atoms with Gasteiger partial charge in [-0.05, 0) is 39.5 Å². The van der Waals surface area contributed by atoms with Crippen LogP contribution in [0.25, 0.3) is 0 Å². The van der Waals surface area contributed by atoms with Gasteiger partial charge in [-0.25, -0.2) is 18.0 Å². The van der Waals surface area contributed by atoms with Crippen LogP contribution in [-0.4, -0.2) is 50.7 Å². The Bertz CT molecular complexity index is 521. The molecule has 0 spiro atoms. The molecule has 0 saturated heterocycles. The van der Waals surface area contributed by atoms with Gasteiger partial charge in [-0.15, -0.1) is 0 Å². The summed E-state index contributed by atoms with van der Waals surface area (Å²) in [5.74, 6) is -0.870. The molecule has 7 nitrogen and oxygen atoms in total. The summed E-state index contributed by atoms with van der Waals surface area (Å²) in [5, 5.41) is 2.53. The van der Waals surface area contributed by atoms with Crippen molar-refractivity contribution in [1.82, 2.24) is 5.32 Å². The summed E-state index contributed by atoms with van der Waals surface area (Å²) >= 11 is 0.